The first-order chi connectivity index (χ1) is 27.8. The smallest absolute Gasteiger partial charge is 0.0465 e. The molecule has 5 fully saturated rings. The zero-order valence-corrected chi connectivity index (χ0v) is 34.2. The minimum absolute atomic E-state index is 0.0666. The lowest BCUT2D eigenvalue weighted by molar-refractivity contribution is -0.00518. The van der Waals surface area contributed by atoms with Crippen molar-refractivity contribution in [1.82, 2.24) is 0 Å². The normalized spacial score (nSPS) is 24.3. The summed E-state index contributed by atoms with van der Waals surface area (Å²) in [5, 5.41) is 0. The lowest BCUT2D eigenvalue weighted by Gasteiger charge is -2.57. The van der Waals surface area contributed by atoms with Crippen molar-refractivity contribution in [2.45, 2.75) is 108 Å². The van der Waals surface area contributed by atoms with Gasteiger partial charge in [-0.1, -0.05) is 130 Å². The number of anilines is 3. The van der Waals surface area contributed by atoms with Crippen LogP contribution in [0.3, 0.4) is 0 Å². The fraction of sp³-hybridized carbons (Fsp3) is 0.357. The molecule has 0 radical (unpaired) electrons. The second kappa shape index (κ2) is 13.6. The number of hydrogen-bond donors (Lipinski definition) is 0. The van der Waals surface area contributed by atoms with Crippen molar-refractivity contribution in [3.8, 4) is 33.4 Å². The van der Waals surface area contributed by atoms with Gasteiger partial charge in [-0.2, -0.15) is 0 Å². The summed E-state index contributed by atoms with van der Waals surface area (Å²) in [6, 6.07) is 51.8. The number of nitrogens with zero attached hydrogens (tertiary/aromatic N) is 1. The van der Waals surface area contributed by atoms with Gasteiger partial charge in [0.25, 0.3) is 0 Å². The van der Waals surface area contributed by atoms with Gasteiger partial charge < -0.3 is 4.90 Å². The largest absolute Gasteiger partial charge is 0.310 e. The van der Waals surface area contributed by atoms with Crippen molar-refractivity contribution in [2.75, 3.05) is 4.90 Å². The molecule has 6 aliphatic rings. The van der Waals surface area contributed by atoms with Crippen molar-refractivity contribution in [3.05, 3.63) is 161 Å². The number of hydrogen-bond acceptors (Lipinski definition) is 1. The average Bonchev–Trinajstić information content (AvgIpc) is 3.47. The van der Waals surface area contributed by atoms with Gasteiger partial charge in [0.05, 0.1) is 0 Å². The zero-order chi connectivity index (χ0) is 38.3. The summed E-state index contributed by atoms with van der Waals surface area (Å²) >= 11 is 0. The number of fused-ring (bicyclic) bond motifs is 3. The second-order valence-electron chi connectivity index (χ2n) is 19.5. The van der Waals surface area contributed by atoms with Crippen LogP contribution in [0, 0.1) is 24.7 Å². The van der Waals surface area contributed by atoms with E-state index >= 15 is 0 Å². The van der Waals surface area contributed by atoms with Crippen LogP contribution in [0.1, 0.15) is 118 Å². The highest BCUT2D eigenvalue weighted by molar-refractivity contribution is 5.88. The third-order valence-electron chi connectivity index (χ3n) is 15.6. The van der Waals surface area contributed by atoms with Gasteiger partial charge in [-0.25, -0.2) is 0 Å². The third-order valence-corrected chi connectivity index (χ3v) is 15.6. The van der Waals surface area contributed by atoms with Gasteiger partial charge in [-0.3, -0.25) is 0 Å². The summed E-state index contributed by atoms with van der Waals surface area (Å²) in [4.78, 5) is 2.51. The quantitative estimate of drug-likeness (QED) is 0.157. The van der Waals surface area contributed by atoms with Crippen LogP contribution < -0.4 is 4.90 Å². The molecule has 0 unspecified atom stereocenters. The molecular formula is C56H57N. The van der Waals surface area contributed by atoms with Crippen molar-refractivity contribution in [1.29, 1.82) is 0 Å². The Hall–Kier alpha value is -4.88. The molecule has 6 aromatic carbocycles. The predicted octanol–water partition coefficient (Wildman–Crippen LogP) is 15.6. The molecule has 0 heterocycles. The Kier molecular flexibility index (Phi) is 8.43. The van der Waals surface area contributed by atoms with E-state index in [-0.39, 0.29) is 5.41 Å². The Morgan fingerprint density at radius 1 is 0.509 bits per heavy atom. The molecule has 0 spiro atoms. The monoisotopic (exact) mass is 743 g/mol. The summed E-state index contributed by atoms with van der Waals surface area (Å²) in [6.07, 6.45) is 15.4. The minimum Gasteiger partial charge on any atom is -0.310 e. The van der Waals surface area contributed by atoms with Gasteiger partial charge in [0.2, 0.25) is 0 Å². The van der Waals surface area contributed by atoms with E-state index in [0.717, 1.165) is 23.7 Å². The Labute approximate surface area is 341 Å². The van der Waals surface area contributed by atoms with Crippen LogP contribution in [0.15, 0.2) is 133 Å². The van der Waals surface area contributed by atoms with Gasteiger partial charge in [-0.05, 0) is 185 Å². The Morgan fingerprint density at radius 3 is 1.68 bits per heavy atom. The van der Waals surface area contributed by atoms with Crippen LogP contribution in [0.4, 0.5) is 17.1 Å². The molecule has 4 bridgehead atoms. The number of benzene rings is 6. The van der Waals surface area contributed by atoms with Crippen LogP contribution in [0.25, 0.3) is 33.4 Å². The van der Waals surface area contributed by atoms with Crippen molar-refractivity contribution >= 4 is 17.1 Å². The summed E-state index contributed by atoms with van der Waals surface area (Å²) in [6.45, 7) is 7.07. The summed E-state index contributed by atoms with van der Waals surface area (Å²) in [7, 11) is 0. The predicted molar refractivity (Wildman–Crippen MR) is 240 cm³/mol. The molecule has 0 atom stereocenters. The standard InChI is InChI=1S/C56H57N/c1-37-10-9-15-52-54(37)51-29-28-48(33-53(51)55(52,2)3)57(47-26-22-45(23-27-47)56-34-38-30-39(35-56)32-40(31-38)36-56)46-24-20-44(21-25-46)50-14-8-7-13-49(50)43-18-16-42(17-19-43)41-11-5-4-6-12-41/h7-10,13-29,33,38-41H,4-6,11-12,30-32,34-36H2,1-3H3. The Balaban J connectivity index is 0.964. The molecule has 286 valence electrons. The molecule has 5 saturated carbocycles. The van der Waals surface area contributed by atoms with Gasteiger partial charge in [0.1, 0.15) is 0 Å². The minimum atomic E-state index is -0.0666. The van der Waals surface area contributed by atoms with Crippen LogP contribution in [-0.4, -0.2) is 0 Å². The van der Waals surface area contributed by atoms with Crippen molar-refractivity contribution in [3.63, 3.8) is 0 Å². The van der Waals surface area contributed by atoms with E-state index in [1.54, 1.807) is 5.56 Å². The molecule has 0 saturated heterocycles. The van der Waals surface area contributed by atoms with E-state index in [1.807, 2.05) is 0 Å². The maximum absolute atomic E-state index is 2.51. The molecule has 57 heavy (non-hydrogen) atoms. The van der Waals surface area contributed by atoms with E-state index in [9.17, 15) is 0 Å². The topological polar surface area (TPSA) is 3.24 Å². The van der Waals surface area contributed by atoms with Gasteiger partial charge in [0.15, 0.2) is 0 Å². The first kappa shape index (κ1) is 35.3. The first-order valence-corrected chi connectivity index (χ1v) is 22.3. The molecule has 0 N–H and O–H groups in total. The van der Waals surface area contributed by atoms with E-state index in [2.05, 4.69) is 159 Å². The third kappa shape index (κ3) is 5.94. The molecule has 1 nitrogen and oxygen atoms in total. The maximum atomic E-state index is 2.51. The molecule has 6 aliphatic carbocycles. The van der Waals surface area contributed by atoms with E-state index in [4.69, 9.17) is 0 Å². The van der Waals surface area contributed by atoms with Gasteiger partial charge in [0, 0.05) is 22.5 Å². The van der Waals surface area contributed by atoms with Crippen LogP contribution in [0.2, 0.25) is 0 Å². The van der Waals surface area contributed by atoms with Gasteiger partial charge >= 0.3 is 0 Å². The summed E-state index contributed by atoms with van der Waals surface area (Å²) in [5.41, 5.74) is 19.2. The fourth-order valence-corrected chi connectivity index (χ4v) is 13.1. The molecule has 6 aromatic rings. The van der Waals surface area contributed by atoms with Crippen LogP contribution in [0.5, 0.6) is 0 Å². The molecule has 0 aromatic heterocycles. The SMILES string of the molecule is Cc1cccc2c1-c1ccc(N(c3ccc(-c4ccccc4-c4ccc(C5CCCCC5)cc4)cc3)c3ccc(C45CC6CC(CC(C6)C4)C5)cc3)cc1C2(C)C. The number of rotatable bonds is 7. The molecular weight excluding hydrogens is 687 g/mol. The summed E-state index contributed by atoms with van der Waals surface area (Å²) < 4.78 is 0. The Bertz CT molecular complexity index is 2410. The average molecular weight is 744 g/mol. The number of aryl methyl sites for hydroxylation is 1. The highest BCUT2D eigenvalue weighted by Gasteiger charge is 2.51. The van der Waals surface area contributed by atoms with Gasteiger partial charge in [-0.15, -0.1) is 0 Å². The van der Waals surface area contributed by atoms with Crippen LogP contribution >= 0.6 is 0 Å². The second-order valence-corrected chi connectivity index (χ2v) is 19.5. The lowest BCUT2D eigenvalue weighted by Crippen LogP contribution is -2.48. The molecule has 12 rings (SSSR count). The lowest BCUT2D eigenvalue weighted by atomic mass is 9.48. The highest BCUT2D eigenvalue weighted by atomic mass is 15.1. The maximum Gasteiger partial charge on any atom is 0.0465 e. The van der Waals surface area contributed by atoms with Crippen LogP contribution in [-0.2, 0) is 10.8 Å². The fourth-order valence-electron chi connectivity index (χ4n) is 13.1. The molecule has 1 heteroatoms. The highest BCUT2D eigenvalue weighted by Crippen LogP contribution is 2.61. The molecule has 0 amide bonds. The summed E-state index contributed by atoms with van der Waals surface area (Å²) in [5.74, 6) is 3.56. The van der Waals surface area contributed by atoms with E-state index in [0.29, 0.717) is 5.41 Å². The zero-order valence-electron chi connectivity index (χ0n) is 34.2. The van der Waals surface area contributed by atoms with Crippen molar-refractivity contribution in [2.24, 2.45) is 17.8 Å². The Morgan fingerprint density at radius 2 is 1.07 bits per heavy atom. The van der Waals surface area contributed by atoms with E-state index in [1.165, 1.54) is 143 Å². The molecule has 0 aliphatic heterocycles. The van der Waals surface area contributed by atoms with Crippen molar-refractivity contribution < 1.29 is 0 Å². The first-order valence-electron chi connectivity index (χ1n) is 22.3. The van der Waals surface area contributed by atoms with E-state index < -0.39 is 0 Å².